The highest BCUT2D eigenvalue weighted by atomic mass is 32.1. The van der Waals surface area contributed by atoms with Gasteiger partial charge in [0.15, 0.2) is 5.11 Å². The number of carbonyl (C=O) groups excluding carboxylic acids is 2. The topological polar surface area (TPSA) is 113 Å². The van der Waals surface area contributed by atoms with Crippen molar-refractivity contribution in [2.75, 3.05) is 0 Å². The number of nitro benzene ring substituents is 1. The van der Waals surface area contributed by atoms with Gasteiger partial charge in [0, 0.05) is 11.6 Å². The number of hydrogen-bond donors (Lipinski definition) is 3. The number of amides is 2. The van der Waals surface area contributed by atoms with Gasteiger partial charge < -0.3 is 0 Å². The monoisotopic (exact) mass is 358 g/mol. The lowest BCUT2D eigenvalue weighted by Crippen LogP contribution is -2.48. The molecule has 0 heterocycles. The summed E-state index contributed by atoms with van der Waals surface area (Å²) in [7, 11) is 0. The maximum absolute atomic E-state index is 12.1. The molecule has 0 fully saturated rings. The predicted octanol–water partition coefficient (Wildman–Crippen LogP) is 1.85. The van der Waals surface area contributed by atoms with Crippen molar-refractivity contribution in [2.45, 2.75) is 6.92 Å². The van der Waals surface area contributed by atoms with E-state index in [1.807, 2.05) is 13.0 Å². The van der Waals surface area contributed by atoms with Crippen LogP contribution >= 0.6 is 12.2 Å². The molecule has 2 amide bonds. The summed E-state index contributed by atoms with van der Waals surface area (Å²) in [5.74, 6) is -1.19. The second kappa shape index (κ2) is 7.97. The summed E-state index contributed by atoms with van der Waals surface area (Å²) in [5.41, 5.74) is 5.58. The van der Waals surface area contributed by atoms with E-state index < -0.39 is 16.7 Å². The first-order valence-corrected chi connectivity index (χ1v) is 7.51. The summed E-state index contributed by atoms with van der Waals surface area (Å²) in [4.78, 5) is 34.3. The Hall–Kier alpha value is -3.33. The Morgan fingerprint density at radius 1 is 1.04 bits per heavy atom. The number of rotatable bonds is 3. The molecule has 2 aromatic rings. The second-order valence-corrected chi connectivity index (χ2v) is 5.41. The largest absolute Gasteiger partial charge is 0.297 e. The number of hydrazine groups is 1. The van der Waals surface area contributed by atoms with Gasteiger partial charge in [-0.2, -0.15) is 0 Å². The summed E-state index contributed by atoms with van der Waals surface area (Å²) in [6, 6.07) is 12.4. The number of para-hydroxylation sites is 1. The minimum Gasteiger partial charge on any atom is -0.297 e. The van der Waals surface area contributed by atoms with Crippen LogP contribution in [0.4, 0.5) is 5.69 Å². The summed E-state index contributed by atoms with van der Waals surface area (Å²) < 4.78 is 0. The molecule has 0 aliphatic carbocycles. The van der Waals surface area contributed by atoms with Gasteiger partial charge in [0.25, 0.3) is 17.5 Å². The molecule has 2 aromatic carbocycles. The zero-order chi connectivity index (χ0) is 18.4. The lowest BCUT2D eigenvalue weighted by molar-refractivity contribution is -0.385. The van der Waals surface area contributed by atoms with Crippen LogP contribution < -0.4 is 16.2 Å². The SMILES string of the molecule is Cc1cccc(C(=O)NNC(=S)NC(=O)c2ccccc2[N+](=O)[O-])c1. The van der Waals surface area contributed by atoms with Gasteiger partial charge in [-0.05, 0) is 37.3 Å². The van der Waals surface area contributed by atoms with Crippen molar-refractivity contribution in [2.24, 2.45) is 0 Å². The van der Waals surface area contributed by atoms with Crippen molar-refractivity contribution >= 4 is 34.8 Å². The van der Waals surface area contributed by atoms with E-state index in [9.17, 15) is 19.7 Å². The van der Waals surface area contributed by atoms with E-state index in [4.69, 9.17) is 12.2 Å². The number of aryl methyl sites for hydroxylation is 1. The molecular formula is C16H14N4O4S. The Bertz CT molecular complexity index is 854. The van der Waals surface area contributed by atoms with Gasteiger partial charge in [-0.1, -0.05) is 29.8 Å². The molecule has 25 heavy (non-hydrogen) atoms. The molecule has 0 radical (unpaired) electrons. The standard InChI is InChI=1S/C16H14N4O4S/c1-10-5-4-6-11(9-10)14(21)18-19-16(25)17-15(22)12-7-2-3-8-13(12)20(23)24/h2-9H,1H3,(H,18,21)(H2,17,19,22,25). The van der Waals surface area contributed by atoms with E-state index in [1.54, 1.807) is 18.2 Å². The molecule has 0 atom stereocenters. The summed E-state index contributed by atoms with van der Waals surface area (Å²) in [5, 5.41) is 13.0. The van der Waals surface area contributed by atoms with Gasteiger partial charge in [-0.3, -0.25) is 35.9 Å². The Balaban J connectivity index is 1.95. The number of nitrogens with zero attached hydrogens (tertiary/aromatic N) is 1. The highest BCUT2D eigenvalue weighted by Gasteiger charge is 2.20. The molecule has 128 valence electrons. The van der Waals surface area contributed by atoms with E-state index in [0.29, 0.717) is 5.56 Å². The van der Waals surface area contributed by atoms with Crippen LogP contribution in [0, 0.1) is 17.0 Å². The van der Waals surface area contributed by atoms with Gasteiger partial charge in [0.05, 0.1) is 4.92 Å². The first kappa shape index (κ1) is 18.0. The number of hydrogen-bond acceptors (Lipinski definition) is 5. The van der Waals surface area contributed by atoms with Crippen LogP contribution in [0.15, 0.2) is 48.5 Å². The van der Waals surface area contributed by atoms with Crippen molar-refractivity contribution in [1.29, 1.82) is 0 Å². The first-order valence-electron chi connectivity index (χ1n) is 7.10. The lowest BCUT2D eigenvalue weighted by atomic mass is 10.1. The third kappa shape index (κ3) is 4.82. The average Bonchev–Trinajstić information content (AvgIpc) is 2.59. The van der Waals surface area contributed by atoms with Crippen molar-refractivity contribution in [3.8, 4) is 0 Å². The highest BCUT2D eigenvalue weighted by Crippen LogP contribution is 2.17. The van der Waals surface area contributed by atoms with Crippen LogP contribution in [0.25, 0.3) is 0 Å². The fourth-order valence-corrected chi connectivity index (χ4v) is 2.14. The Morgan fingerprint density at radius 2 is 1.76 bits per heavy atom. The second-order valence-electron chi connectivity index (χ2n) is 5.01. The average molecular weight is 358 g/mol. The van der Waals surface area contributed by atoms with E-state index in [-0.39, 0.29) is 16.4 Å². The number of benzene rings is 2. The van der Waals surface area contributed by atoms with E-state index in [0.717, 1.165) is 5.56 Å². The fraction of sp³-hybridized carbons (Fsp3) is 0.0625. The minimum absolute atomic E-state index is 0.137. The molecule has 0 aliphatic heterocycles. The van der Waals surface area contributed by atoms with Crippen molar-refractivity contribution in [3.05, 3.63) is 75.3 Å². The van der Waals surface area contributed by atoms with Crippen LogP contribution in [0.1, 0.15) is 26.3 Å². The molecule has 0 spiro atoms. The molecule has 0 aliphatic rings. The Labute approximate surface area is 148 Å². The fourth-order valence-electron chi connectivity index (χ4n) is 2.00. The predicted molar refractivity (Wildman–Crippen MR) is 94.9 cm³/mol. The van der Waals surface area contributed by atoms with Gasteiger partial charge in [-0.25, -0.2) is 0 Å². The molecule has 0 saturated heterocycles. The van der Waals surface area contributed by atoms with Gasteiger partial charge in [-0.15, -0.1) is 0 Å². The van der Waals surface area contributed by atoms with Gasteiger partial charge >= 0.3 is 0 Å². The van der Waals surface area contributed by atoms with Crippen LogP contribution in [-0.2, 0) is 0 Å². The normalized spacial score (nSPS) is 9.80. The van der Waals surface area contributed by atoms with Crippen LogP contribution in [-0.4, -0.2) is 21.9 Å². The first-order chi connectivity index (χ1) is 11.9. The molecule has 0 bridgehead atoms. The number of carbonyl (C=O) groups is 2. The van der Waals surface area contributed by atoms with Crippen molar-refractivity contribution < 1.29 is 14.5 Å². The molecule has 8 nitrogen and oxygen atoms in total. The molecule has 0 unspecified atom stereocenters. The highest BCUT2D eigenvalue weighted by molar-refractivity contribution is 7.80. The van der Waals surface area contributed by atoms with Crippen LogP contribution in [0.5, 0.6) is 0 Å². The maximum atomic E-state index is 12.1. The summed E-state index contributed by atoms with van der Waals surface area (Å²) in [6.07, 6.45) is 0. The molecule has 9 heteroatoms. The van der Waals surface area contributed by atoms with Crippen molar-refractivity contribution in [1.82, 2.24) is 16.2 Å². The zero-order valence-corrected chi connectivity index (χ0v) is 13.9. The number of nitro groups is 1. The molecule has 0 saturated carbocycles. The maximum Gasteiger partial charge on any atom is 0.282 e. The summed E-state index contributed by atoms with van der Waals surface area (Å²) >= 11 is 4.91. The summed E-state index contributed by atoms with van der Waals surface area (Å²) in [6.45, 7) is 1.85. The smallest absolute Gasteiger partial charge is 0.282 e. The zero-order valence-electron chi connectivity index (χ0n) is 13.1. The van der Waals surface area contributed by atoms with E-state index >= 15 is 0 Å². The Morgan fingerprint density at radius 3 is 2.44 bits per heavy atom. The number of thiocarbonyl (C=S) groups is 1. The molecular weight excluding hydrogens is 344 g/mol. The third-order valence-corrected chi connectivity index (χ3v) is 3.35. The number of nitrogens with one attached hydrogen (secondary N) is 3. The molecule has 2 rings (SSSR count). The third-order valence-electron chi connectivity index (χ3n) is 3.14. The lowest BCUT2D eigenvalue weighted by Gasteiger charge is -2.11. The molecule has 0 aromatic heterocycles. The van der Waals surface area contributed by atoms with E-state index in [1.165, 1.54) is 24.3 Å². The van der Waals surface area contributed by atoms with Gasteiger partial charge in [0.2, 0.25) is 0 Å². The minimum atomic E-state index is -0.755. The van der Waals surface area contributed by atoms with Gasteiger partial charge in [0.1, 0.15) is 5.56 Å². The van der Waals surface area contributed by atoms with E-state index in [2.05, 4.69) is 16.2 Å². The molecule has 3 N–H and O–H groups in total. The Kier molecular flexibility index (Phi) is 5.75. The van der Waals surface area contributed by atoms with Crippen LogP contribution in [0.3, 0.4) is 0 Å². The van der Waals surface area contributed by atoms with Crippen LogP contribution in [0.2, 0.25) is 0 Å². The quantitative estimate of drug-likeness (QED) is 0.438. The van der Waals surface area contributed by atoms with Crippen molar-refractivity contribution in [3.63, 3.8) is 0 Å².